The van der Waals surface area contributed by atoms with Crippen LogP contribution in [0.4, 0.5) is 0 Å². The van der Waals surface area contributed by atoms with Crippen LogP contribution in [0.25, 0.3) is 0 Å². The maximum atomic E-state index is 11.2. The van der Waals surface area contributed by atoms with Crippen LogP contribution in [0.15, 0.2) is 35.3 Å². The van der Waals surface area contributed by atoms with Crippen molar-refractivity contribution in [2.24, 2.45) is 4.99 Å². The van der Waals surface area contributed by atoms with Crippen molar-refractivity contribution in [3.05, 3.63) is 35.9 Å². The van der Waals surface area contributed by atoms with Gasteiger partial charge in [-0.25, -0.2) is 8.42 Å². The summed E-state index contributed by atoms with van der Waals surface area (Å²) < 4.78 is 22.5. The van der Waals surface area contributed by atoms with E-state index in [0.717, 1.165) is 19.0 Å². The Bertz CT molecular complexity index is 651. The van der Waals surface area contributed by atoms with E-state index in [-0.39, 0.29) is 11.2 Å². The first-order chi connectivity index (χ1) is 12.0. The molecule has 6 heteroatoms. The molecule has 1 aromatic rings. The average Bonchev–Trinajstić information content (AvgIpc) is 3.06. The standard InChI is InChI=1S/C19H31N3O2S/c1-3-20-18(21-14-9-15-25(2,23)24)22-16-19(12-7-8-13-19)17-10-5-4-6-11-17/h4-6,10-11H,3,7-9,12-16H2,1-2H3,(H2,20,21,22). The Morgan fingerprint density at radius 3 is 2.44 bits per heavy atom. The summed E-state index contributed by atoms with van der Waals surface area (Å²) in [5, 5.41) is 6.52. The van der Waals surface area contributed by atoms with Gasteiger partial charge in [0.1, 0.15) is 9.84 Å². The Balaban J connectivity index is 2.00. The van der Waals surface area contributed by atoms with Gasteiger partial charge in [0, 0.05) is 24.8 Å². The van der Waals surface area contributed by atoms with Crippen LogP contribution in [-0.4, -0.2) is 46.0 Å². The summed E-state index contributed by atoms with van der Waals surface area (Å²) in [5.74, 6) is 0.978. The molecule has 0 bridgehead atoms. The number of guanidine groups is 1. The predicted molar refractivity (Wildman–Crippen MR) is 105 cm³/mol. The van der Waals surface area contributed by atoms with Crippen LogP contribution >= 0.6 is 0 Å². The lowest BCUT2D eigenvalue weighted by Gasteiger charge is -2.28. The van der Waals surface area contributed by atoms with Gasteiger partial charge in [0.15, 0.2) is 5.96 Å². The second-order valence-corrected chi connectivity index (χ2v) is 9.22. The lowest BCUT2D eigenvalue weighted by molar-refractivity contribution is 0.452. The molecule has 0 atom stereocenters. The highest BCUT2D eigenvalue weighted by Crippen LogP contribution is 2.41. The zero-order chi connectivity index (χ0) is 18.2. The smallest absolute Gasteiger partial charge is 0.191 e. The number of benzene rings is 1. The largest absolute Gasteiger partial charge is 0.357 e. The molecule has 1 aliphatic rings. The first-order valence-electron chi connectivity index (χ1n) is 9.21. The van der Waals surface area contributed by atoms with Gasteiger partial charge in [0.05, 0.1) is 12.3 Å². The number of nitrogens with one attached hydrogen (secondary N) is 2. The number of hydrogen-bond donors (Lipinski definition) is 2. The van der Waals surface area contributed by atoms with Crippen LogP contribution in [0, 0.1) is 0 Å². The summed E-state index contributed by atoms with van der Waals surface area (Å²) in [6, 6.07) is 10.7. The van der Waals surface area contributed by atoms with Gasteiger partial charge < -0.3 is 10.6 Å². The molecule has 1 saturated carbocycles. The lowest BCUT2D eigenvalue weighted by Crippen LogP contribution is -2.39. The summed E-state index contributed by atoms with van der Waals surface area (Å²) in [6.45, 7) is 4.20. The zero-order valence-electron chi connectivity index (χ0n) is 15.4. The number of nitrogens with zero attached hydrogens (tertiary/aromatic N) is 1. The fourth-order valence-corrected chi connectivity index (χ4v) is 4.16. The van der Waals surface area contributed by atoms with E-state index in [2.05, 4.69) is 41.0 Å². The highest BCUT2D eigenvalue weighted by atomic mass is 32.2. The van der Waals surface area contributed by atoms with Crippen molar-refractivity contribution >= 4 is 15.8 Å². The molecule has 0 amide bonds. The van der Waals surface area contributed by atoms with Gasteiger partial charge in [0.2, 0.25) is 0 Å². The Morgan fingerprint density at radius 2 is 1.84 bits per heavy atom. The fraction of sp³-hybridized carbons (Fsp3) is 0.632. The highest BCUT2D eigenvalue weighted by molar-refractivity contribution is 7.90. The van der Waals surface area contributed by atoms with Gasteiger partial charge in [-0.1, -0.05) is 43.2 Å². The third-order valence-electron chi connectivity index (χ3n) is 4.82. The van der Waals surface area contributed by atoms with Gasteiger partial charge in [-0.3, -0.25) is 4.99 Å². The Labute approximate surface area is 152 Å². The zero-order valence-corrected chi connectivity index (χ0v) is 16.2. The van der Waals surface area contributed by atoms with Crippen LogP contribution in [0.2, 0.25) is 0 Å². The molecule has 2 rings (SSSR count). The third kappa shape index (κ3) is 6.34. The van der Waals surface area contributed by atoms with Gasteiger partial charge in [-0.2, -0.15) is 0 Å². The molecule has 0 saturated heterocycles. The Hall–Kier alpha value is -1.56. The van der Waals surface area contributed by atoms with E-state index in [9.17, 15) is 8.42 Å². The lowest BCUT2D eigenvalue weighted by atomic mass is 9.79. The molecule has 0 radical (unpaired) electrons. The van der Waals surface area contributed by atoms with Gasteiger partial charge in [-0.15, -0.1) is 0 Å². The first-order valence-corrected chi connectivity index (χ1v) is 11.3. The maximum absolute atomic E-state index is 11.2. The normalized spacial score (nSPS) is 17.4. The van der Waals surface area contributed by atoms with Gasteiger partial charge >= 0.3 is 0 Å². The topological polar surface area (TPSA) is 70.6 Å². The third-order valence-corrected chi connectivity index (χ3v) is 5.85. The molecule has 1 aliphatic carbocycles. The number of sulfone groups is 1. The molecule has 1 aromatic carbocycles. The molecule has 2 N–H and O–H groups in total. The van der Waals surface area contributed by atoms with Crippen molar-refractivity contribution in [1.82, 2.24) is 10.6 Å². The van der Waals surface area contributed by atoms with Crippen molar-refractivity contribution in [3.8, 4) is 0 Å². The minimum atomic E-state index is -2.91. The minimum absolute atomic E-state index is 0.135. The molecule has 5 nitrogen and oxygen atoms in total. The molecule has 0 heterocycles. The van der Waals surface area contributed by atoms with Crippen molar-refractivity contribution in [2.75, 3.05) is 31.6 Å². The monoisotopic (exact) mass is 365 g/mol. The number of hydrogen-bond acceptors (Lipinski definition) is 3. The Morgan fingerprint density at radius 1 is 1.16 bits per heavy atom. The van der Waals surface area contributed by atoms with Crippen LogP contribution < -0.4 is 10.6 Å². The maximum Gasteiger partial charge on any atom is 0.191 e. The summed E-state index contributed by atoms with van der Waals surface area (Å²) in [6.07, 6.45) is 6.72. The van der Waals surface area contributed by atoms with Crippen LogP contribution in [-0.2, 0) is 15.3 Å². The van der Waals surface area contributed by atoms with E-state index in [1.165, 1.54) is 37.5 Å². The van der Waals surface area contributed by atoms with Crippen molar-refractivity contribution < 1.29 is 8.42 Å². The van der Waals surface area contributed by atoms with Gasteiger partial charge in [0.25, 0.3) is 0 Å². The first kappa shape index (κ1) is 19.8. The molecule has 0 spiro atoms. The van der Waals surface area contributed by atoms with Crippen molar-refractivity contribution in [2.45, 2.75) is 44.4 Å². The molecule has 0 unspecified atom stereocenters. The van der Waals surface area contributed by atoms with E-state index in [0.29, 0.717) is 13.0 Å². The summed E-state index contributed by atoms with van der Waals surface area (Å²) in [4.78, 5) is 4.82. The molecular formula is C19H31N3O2S. The van der Waals surface area contributed by atoms with Gasteiger partial charge in [-0.05, 0) is 31.7 Å². The predicted octanol–water partition coefficient (Wildman–Crippen LogP) is 2.49. The van der Waals surface area contributed by atoms with E-state index in [1.807, 2.05) is 6.92 Å². The Kier molecular flexibility index (Phi) is 7.29. The van der Waals surface area contributed by atoms with E-state index in [4.69, 9.17) is 4.99 Å². The van der Waals surface area contributed by atoms with Crippen LogP contribution in [0.5, 0.6) is 0 Å². The van der Waals surface area contributed by atoms with Crippen LogP contribution in [0.1, 0.15) is 44.6 Å². The average molecular weight is 366 g/mol. The molecule has 1 fully saturated rings. The summed E-state index contributed by atoms with van der Waals surface area (Å²) in [7, 11) is -2.91. The second-order valence-electron chi connectivity index (χ2n) is 6.96. The van der Waals surface area contributed by atoms with Crippen molar-refractivity contribution in [3.63, 3.8) is 0 Å². The quantitative estimate of drug-likeness (QED) is 0.422. The molecule has 0 aromatic heterocycles. The number of aliphatic imine (C=N–C) groups is 1. The van der Waals surface area contributed by atoms with E-state index < -0.39 is 9.84 Å². The molecule has 25 heavy (non-hydrogen) atoms. The second kappa shape index (κ2) is 9.22. The SMILES string of the molecule is CCNC(=NCC1(c2ccccc2)CCCC1)NCCCS(C)(=O)=O. The van der Waals surface area contributed by atoms with E-state index >= 15 is 0 Å². The summed E-state index contributed by atoms with van der Waals surface area (Å²) >= 11 is 0. The molecule has 140 valence electrons. The molecule has 0 aliphatic heterocycles. The summed E-state index contributed by atoms with van der Waals surface area (Å²) in [5.41, 5.74) is 1.51. The van der Waals surface area contributed by atoms with Crippen molar-refractivity contribution in [1.29, 1.82) is 0 Å². The number of rotatable bonds is 8. The minimum Gasteiger partial charge on any atom is -0.357 e. The van der Waals surface area contributed by atoms with Crippen LogP contribution in [0.3, 0.4) is 0 Å². The van der Waals surface area contributed by atoms with E-state index in [1.54, 1.807) is 0 Å². The molecular weight excluding hydrogens is 334 g/mol. The highest BCUT2D eigenvalue weighted by Gasteiger charge is 2.35. The fourth-order valence-electron chi connectivity index (χ4n) is 3.49.